The lowest BCUT2D eigenvalue weighted by Gasteiger charge is -2.31. The van der Waals surface area contributed by atoms with Crippen molar-refractivity contribution in [3.63, 3.8) is 0 Å². The first-order valence-corrected chi connectivity index (χ1v) is 9.32. The van der Waals surface area contributed by atoms with Gasteiger partial charge in [0.15, 0.2) is 0 Å². The van der Waals surface area contributed by atoms with Gasteiger partial charge < -0.3 is 19.3 Å². The fourth-order valence-electron chi connectivity index (χ4n) is 3.86. The summed E-state index contributed by atoms with van der Waals surface area (Å²) in [5, 5.41) is 11.1. The molecule has 6 nitrogen and oxygen atoms in total. The molecule has 7 atom stereocenters. The first kappa shape index (κ1) is 19.1. The summed E-state index contributed by atoms with van der Waals surface area (Å²) >= 11 is 0. The second-order valence-corrected chi connectivity index (χ2v) is 7.92. The third-order valence-electron chi connectivity index (χ3n) is 5.99. The van der Waals surface area contributed by atoms with Crippen LogP contribution in [0.4, 0.5) is 0 Å². The third kappa shape index (κ3) is 3.21. The monoisotopic (exact) mass is 364 g/mol. The van der Waals surface area contributed by atoms with Crippen LogP contribution in [0.5, 0.6) is 0 Å². The van der Waals surface area contributed by atoms with Crippen molar-refractivity contribution >= 4 is 11.9 Å². The van der Waals surface area contributed by atoms with E-state index in [-0.39, 0.29) is 29.2 Å². The maximum absolute atomic E-state index is 12.3. The number of carbonyl (C=O) groups is 2. The summed E-state index contributed by atoms with van der Waals surface area (Å²) < 4.78 is 17.0. The molecule has 2 aliphatic heterocycles. The number of hydrogen-bond donors (Lipinski definition) is 1. The molecule has 0 aromatic rings. The van der Waals surface area contributed by atoms with Crippen LogP contribution in [0.3, 0.4) is 0 Å². The molecule has 0 unspecified atom stereocenters. The normalized spacial score (nSPS) is 42.7. The van der Waals surface area contributed by atoms with Gasteiger partial charge in [-0.05, 0) is 38.7 Å². The van der Waals surface area contributed by atoms with Crippen LogP contribution in [-0.4, -0.2) is 47.1 Å². The van der Waals surface area contributed by atoms with Crippen molar-refractivity contribution < 1.29 is 28.9 Å². The molecule has 0 amide bonds. The van der Waals surface area contributed by atoms with E-state index in [0.717, 1.165) is 18.4 Å². The molecule has 2 saturated heterocycles. The molecule has 0 spiro atoms. The number of carbonyl (C=O) groups excluding carboxylic acids is 2. The average molecular weight is 364 g/mol. The van der Waals surface area contributed by atoms with Crippen molar-refractivity contribution in [3.8, 4) is 0 Å². The predicted molar refractivity (Wildman–Crippen MR) is 94.1 cm³/mol. The van der Waals surface area contributed by atoms with Gasteiger partial charge in [-0.2, -0.15) is 0 Å². The number of aliphatic hydroxyl groups excluding tert-OH is 1. The number of allylic oxidation sites excluding steroid dienone is 1. The van der Waals surface area contributed by atoms with E-state index < -0.39 is 30.2 Å². The highest BCUT2D eigenvalue weighted by molar-refractivity contribution is 5.91. The number of hydrogen-bond acceptors (Lipinski definition) is 6. The zero-order valence-corrected chi connectivity index (χ0v) is 15.9. The molecule has 0 saturated carbocycles. The lowest BCUT2D eigenvalue weighted by Crippen LogP contribution is -2.44. The van der Waals surface area contributed by atoms with Crippen molar-refractivity contribution in [2.45, 2.75) is 77.0 Å². The number of ether oxygens (including phenoxy) is 3. The lowest BCUT2D eigenvalue weighted by molar-refractivity contribution is -0.159. The van der Waals surface area contributed by atoms with Gasteiger partial charge in [0.2, 0.25) is 0 Å². The van der Waals surface area contributed by atoms with E-state index in [4.69, 9.17) is 14.2 Å². The topological polar surface area (TPSA) is 85.4 Å². The van der Waals surface area contributed by atoms with E-state index in [9.17, 15) is 14.7 Å². The van der Waals surface area contributed by atoms with Crippen LogP contribution in [0.15, 0.2) is 23.8 Å². The minimum absolute atomic E-state index is 0.207. The van der Waals surface area contributed by atoms with Gasteiger partial charge in [0.05, 0.1) is 17.4 Å². The van der Waals surface area contributed by atoms with E-state index in [1.165, 1.54) is 0 Å². The first-order valence-electron chi connectivity index (χ1n) is 9.32. The molecule has 0 radical (unpaired) electrons. The van der Waals surface area contributed by atoms with Gasteiger partial charge in [-0.3, -0.25) is 4.79 Å². The van der Waals surface area contributed by atoms with Crippen molar-refractivity contribution in [2.75, 3.05) is 0 Å². The number of rotatable bonds is 3. The first-order chi connectivity index (χ1) is 12.2. The predicted octanol–water partition coefficient (Wildman–Crippen LogP) is 2.30. The molecule has 144 valence electrons. The minimum atomic E-state index is -1.12. The highest BCUT2D eigenvalue weighted by Crippen LogP contribution is 2.50. The third-order valence-corrected chi connectivity index (χ3v) is 5.99. The lowest BCUT2D eigenvalue weighted by atomic mass is 9.81. The largest absolute Gasteiger partial charge is 0.455 e. The van der Waals surface area contributed by atoms with Crippen LogP contribution >= 0.6 is 0 Å². The van der Waals surface area contributed by atoms with Crippen LogP contribution in [0.1, 0.15) is 47.0 Å². The summed E-state index contributed by atoms with van der Waals surface area (Å²) in [4.78, 5) is 24.4. The Balaban J connectivity index is 1.93. The Morgan fingerprint density at radius 3 is 2.88 bits per heavy atom. The molecule has 2 heterocycles. The molecular formula is C20H28O6. The van der Waals surface area contributed by atoms with Crippen LogP contribution in [0.25, 0.3) is 0 Å². The second kappa shape index (κ2) is 6.82. The van der Waals surface area contributed by atoms with Gasteiger partial charge in [0.25, 0.3) is 0 Å². The molecule has 0 aromatic carbocycles. The highest BCUT2D eigenvalue weighted by Gasteiger charge is 2.63. The van der Waals surface area contributed by atoms with Gasteiger partial charge in [-0.25, -0.2) is 4.79 Å². The highest BCUT2D eigenvalue weighted by atomic mass is 16.6. The number of aliphatic hydroxyl groups is 1. The summed E-state index contributed by atoms with van der Waals surface area (Å²) in [6.07, 6.45) is 1.29. The molecule has 26 heavy (non-hydrogen) atoms. The van der Waals surface area contributed by atoms with Crippen LogP contribution < -0.4 is 0 Å². The fraction of sp³-hybridized carbons (Fsp3) is 0.700. The van der Waals surface area contributed by atoms with Gasteiger partial charge in [-0.1, -0.05) is 26.5 Å². The molecule has 6 heteroatoms. The van der Waals surface area contributed by atoms with Crippen molar-refractivity contribution in [1.29, 1.82) is 0 Å². The second-order valence-electron chi connectivity index (χ2n) is 7.92. The Kier molecular flexibility index (Phi) is 5.01. The van der Waals surface area contributed by atoms with Crippen molar-refractivity contribution in [2.24, 2.45) is 11.8 Å². The van der Waals surface area contributed by atoms with E-state index in [0.29, 0.717) is 6.42 Å². The number of esters is 2. The summed E-state index contributed by atoms with van der Waals surface area (Å²) in [5.74, 6) is -1.81. The molecule has 3 aliphatic rings. The van der Waals surface area contributed by atoms with Gasteiger partial charge in [0, 0.05) is 5.57 Å². The molecule has 0 aromatic heterocycles. The molecule has 2 fully saturated rings. The summed E-state index contributed by atoms with van der Waals surface area (Å²) in [6, 6.07) is 0. The van der Waals surface area contributed by atoms with Crippen LogP contribution in [0.2, 0.25) is 0 Å². The molecule has 1 aliphatic carbocycles. The van der Waals surface area contributed by atoms with Crippen LogP contribution in [0, 0.1) is 11.8 Å². The Bertz CT molecular complexity index is 653. The molecular weight excluding hydrogens is 336 g/mol. The minimum Gasteiger partial charge on any atom is -0.455 e. The van der Waals surface area contributed by atoms with E-state index in [1.807, 2.05) is 26.8 Å². The van der Waals surface area contributed by atoms with E-state index in [1.54, 1.807) is 6.92 Å². The van der Waals surface area contributed by atoms with Gasteiger partial charge >= 0.3 is 11.9 Å². The number of fused-ring (bicyclic) bond motifs is 3. The van der Waals surface area contributed by atoms with Gasteiger partial charge in [0.1, 0.15) is 24.4 Å². The standard InChI is InChI=1S/C20H28O6/c1-6-10(2)18(22)24-15-11(3)8-7-9-20(5)17(26-20)16-13(14(15)21)12(4)19(23)25-16/h8,10,13-17,21H,4,6-7,9H2,1-3,5H3/b11-8+/t10-,13-,14-,15-,16-,17+,20+/m1/s1. The quantitative estimate of drug-likeness (QED) is 0.358. The molecule has 3 rings (SSSR count). The van der Waals surface area contributed by atoms with Crippen molar-refractivity contribution in [1.82, 2.24) is 0 Å². The van der Waals surface area contributed by atoms with Crippen LogP contribution in [-0.2, 0) is 23.8 Å². The Labute approximate surface area is 154 Å². The summed E-state index contributed by atoms with van der Waals surface area (Å²) in [5.41, 5.74) is 0.603. The number of epoxide rings is 1. The molecule has 1 N–H and O–H groups in total. The Hall–Kier alpha value is -1.66. The van der Waals surface area contributed by atoms with Gasteiger partial charge in [-0.15, -0.1) is 0 Å². The zero-order valence-electron chi connectivity index (χ0n) is 15.9. The SMILES string of the molecule is C=C1C(=O)O[C@@H]2[C@H]1[C@@H](O)[C@H](OC(=O)[C@H](C)CC)/C(C)=C/CC[C@]1(C)O[C@@H]21. The maximum atomic E-state index is 12.3. The van der Waals surface area contributed by atoms with E-state index in [2.05, 4.69) is 6.58 Å². The smallest absolute Gasteiger partial charge is 0.334 e. The molecule has 0 bridgehead atoms. The van der Waals surface area contributed by atoms with E-state index >= 15 is 0 Å². The Morgan fingerprint density at radius 1 is 1.54 bits per heavy atom. The Morgan fingerprint density at radius 2 is 2.23 bits per heavy atom. The zero-order chi connectivity index (χ0) is 19.2. The maximum Gasteiger partial charge on any atom is 0.334 e. The van der Waals surface area contributed by atoms with Crippen molar-refractivity contribution in [3.05, 3.63) is 23.8 Å². The fourth-order valence-corrected chi connectivity index (χ4v) is 3.86. The summed E-state index contributed by atoms with van der Waals surface area (Å²) in [7, 11) is 0. The average Bonchev–Trinajstić information content (AvgIpc) is 3.18. The summed E-state index contributed by atoms with van der Waals surface area (Å²) in [6.45, 7) is 11.3.